The Hall–Kier alpha value is -0.970. The van der Waals surface area contributed by atoms with Crippen molar-refractivity contribution < 1.29 is 31.1 Å². The fraction of sp³-hybridized carbons (Fsp3) is 0.300. The highest BCUT2D eigenvalue weighted by Crippen LogP contribution is 2.41. The number of anilines is 2. The molecule has 0 aliphatic rings. The van der Waals surface area contributed by atoms with Gasteiger partial charge in [-0.3, -0.25) is 4.79 Å². The summed E-state index contributed by atoms with van der Waals surface area (Å²) in [6, 6.07) is 2.53. The average Bonchev–Trinajstić information content (AvgIpc) is 2.18. The molecule has 11 heteroatoms. The summed E-state index contributed by atoms with van der Waals surface area (Å²) in [6.45, 7) is 0. The molecule has 0 aromatic heterocycles. The zero-order valence-corrected chi connectivity index (χ0v) is 12.9. The molecule has 0 unspecified atom stereocenters. The largest absolute Gasteiger partial charge is 0.409 e. The highest BCUT2D eigenvalue weighted by atomic mass is 79.9. The molecule has 0 saturated carbocycles. The van der Waals surface area contributed by atoms with Crippen LogP contribution in [0.4, 0.5) is 37.7 Å². The number of hydrogen-bond donors (Lipinski definition) is 2. The van der Waals surface area contributed by atoms with E-state index in [0.717, 1.165) is 0 Å². The van der Waals surface area contributed by atoms with Crippen molar-refractivity contribution in [2.24, 2.45) is 5.92 Å². The number of halogens is 8. The number of rotatable bonds is 2. The van der Waals surface area contributed by atoms with Gasteiger partial charge < -0.3 is 11.1 Å². The summed E-state index contributed by atoms with van der Waals surface area (Å²) in [5, 5.41) is 1.55. The topological polar surface area (TPSA) is 55.1 Å². The van der Waals surface area contributed by atoms with Crippen LogP contribution in [-0.2, 0) is 4.79 Å². The summed E-state index contributed by atoms with van der Waals surface area (Å²) in [7, 11) is 0. The van der Waals surface area contributed by atoms with Gasteiger partial charge in [-0.2, -0.15) is 26.3 Å². The van der Waals surface area contributed by atoms with Crippen LogP contribution in [0.2, 0.25) is 0 Å². The Bertz CT molecular complexity index is 520. The highest BCUT2D eigenvalue weighted by Gasteiger charge is 2.61. The molecular formula is C10H6Br2F6N2O. The van der Waals surface area contributed by atoms with Crippen LogP contribution < -0.4 is 11.1 Å². The first-order chi connectivity index (χ1) is 9.34. The van der Waals surface area contributed by atoms with Crippen LogP contribution in [-0.4, -0.2) is 18.3 Å². The van der Waals surface area contributed by atoms with Crippen molar-refractivity contribution >= 4 is 49.1 Å². The van der Waals surface area contributed by atoms with Crippen LogP contribution in [0, 0.1) is 5.92 Å². The zero-order valence-electron chi connectivity index (χ0n) is 9.74. The molecule has 0 heterocycles. The van der Waals surface area contributed by atoms with Crippen LogP contribution in [0.15, 0.2) is 21.1 Å². The fourth-order valence-corrected chi connectivity index (χ4v) is 2.76. The van der Waals surface area contributed by atoms with Crippen molar-refractivity contribution in [3.8, 4) is 0 Å². The van der Waals surface area contributed by atoms with Gasteiger partial charge in [0.25, 0.3) is 0 Å². The highest BCUT2D eigenvalue weighted by molar-refractivity contribution is 9.11. The first-order valence-electron chi connectivity index (χ1n) is 5.03. The zero-order chi connectivity index (χ0) is 16.6. The Morgan fingerprint density at radius 1 is 1.10 bits per heavy atom. The SMILES string of the molecule is Nc1cc(Br)cc(Br)c1NC(=O)C(C(F)(F)F)C(F)(F)F. The monoisotopic (exact) mass is 442 g/mol. The molecule has 0 spiro atoms. The van der Waals surface area contributed by atoms with Gasteiger partial charge >= 0.3 is 12.4 Å². The number of nitrogens with one attached hydrogen (secondary N) is 1. The molecule has 0 aliphatic carbocycles. The number of benzene rings is 1. The molecule has 0 radical (unpaired) electrons. The van der Waals surface area contributed by atoms with E-state index >= 15 is 0 Å². The van der Waals surface area contributed by atoms with Crippen LogP contribution >= 0.6 is 31.9 Å². The normalized spacial score (nSPS) is 12.6. The predicted molar refractivity (Wildman–Crippen MR) is 70.5 cm³/mol. The lowest BCUT2D eigenvalue weighted by Crippen LogP contribution is -2.45. The van der Waals surface area contributed by atoms with Crippen LogP contribution in [0.3, 0.4) is 0 Å². The minimum absolute atomic E-state index is 0.0332. The third kappa shape index (κ3) is 4.50. The maximum atomic E-state index is 12.4. The van der Waals surface area contributed by atoms with Crippen molar-refractivity contribution in [1.82, 2.24) is 0 Å². The predicted octanol–water partition coefficient (Wildman–Crippen LogP) is 4.47. The number of nitrogens with two attached hydrogens (primary N) is 1. The molecule has 0 saturated heterocycles. The fourth-order valence-electron chi connectivity index (χ4n) is 1.40. The molecule has 1 aromatic carbocycles. The smallest absolute Gasteiger partial charge is 0.397 e. The molecule has 21 heavy (non-hydrogen) atoms. The van der Waals surface area contributed by atoms with E-state index in [-0.39, 0.29) is 15.8 Å². The summed E-state index contributed by atoms with van der Waals surface area (Å²) >= 11 is 5.91. The van der Waals surface area contributed by atoms with Crippen molar-refractivity contribution in [3.05, 3.63) is 21.1 Å². The summed E-state index contributed by atoms with van der Waals surface area (Å²) < 4.78 is 74.9. The van der Waals surface area contributed by atoms with Crippen molar-refractivity contribution in [2.75, 3.05) is 11.1 Å². The van der Waals surface area contributed by atoms with Gasteiger partial charge in [0.15, 0.2) is 0 Å². The first kappa shape index (κ1) is 18.1. The molecule has 118 valence electrons. The minimum Gasteiger partial charge on any atom is -0.397 e. The lowest BCUT2D eigenvalue weighted by atomic mass is 10.1. The maximum Gasteiger partial charge on any atom is 0.409 e. The summed E-state index contributed by atoms with van der Waals surface area (Å²) in [5.41, 5.74) is 4.88. The lowest BCUT2D eigenvalue weighted by molar-refractivity contribution is -0.272. The van der Waals surface area contributed by atoms with Crippen molar-refractivity contribution in [3.63, 3.8) is 0 Å². The van der Waals surface area contributed by atoms with Crippen LogP contribution in [0.5, 0.6) is 0 Å². The van der Waals surface area contributed by atoms with E-state index in [1.807, 2.05) is 0 Å². The van der Waals surface area contributed by atoms with E-state index in [1.165, 1.54) is 12.1 Å². The van der Waals surface area contributed by atoms with Gasteiger partial charge in [-0.1, -0.05) is 15.9 Å². The number of hydrogen-bond acceptors (Lipinski definition) is 2. The molecule has 0 fully saturated rings. The van der Waals surface area contributed by atoms with Gasteiger partial charge in [-0.05, 0) is 28.1 Å². The minimum atomic E-state index is -5.76. The van der Waals surface area contributed by atoms with Gasteiger partial charge in [0, 0.05) is 8.95 Å². The average molecular weight is 444 g/mol. The summed E-state index contributed by atoms with van der Waals surface area (Å²) in [5.74, 6) is -6.40. The molecule has 0 bridgehead atoms. The summed E-state index contributed by atoms with van der Waals surface area (Å²) in [6.07, 6.45) is -11.5. The Balaban J connectivity index is 3.15. The van der Waals surface area contributed by atoms with Crippen molar-refractivity contribution in [1.29, 1.82) is 0 Å². The van der Waals surface area contributed by atoms with Gasteiger partial charge in [-0.25, -0.2) is 0 Å². The quantitative estimate of drug-likeness (QED) is 0.523. The number of carbonyl (C=O) groups is 1. The van der Waals surface area contributed by atoms with Gasteiger partial charge in [-0.15, -0.1) is 0 Å². The first-order valence-corrected chi connectivity index (χ1v) is 6.61. The molecule has 1 aromatic rings. The molecule has 0 aliphatic heterocycles. The van der Waals surface area contributed by atoms with E-state index in [0.29, 0.717) is 4.47 Å². The van der Waals surface area contributed by atoms with Gasteiger partial charge in [0.2, 0.25) is 11.8 Å². The third-order valence-electron chi connectivity index (χ3n) is 2.25. The second-order valence-electron chi connectivity index (χ2n) is 3.86. The third-order valence-corrected chi connectivity index (χ3v) is 3.33. The van der Waals surface area contributed by atoms with E-state index in [4.69, 9.17) is 5.73 Å². The van der Waals surface area contributed by atoms with E-state index < -0.39 is 24.2 Å². The Morgan fingerprint density at radius 3 is 1.95 bits per heavy atom. The van der Waals surface area contributed by atoms with Crippen molar-refractivity contribution in [2.45, 2.75) is 12.4 Å². The second kappa shape index (κ2) is 6.03. The Labute approximate surface area is 131 Å². The Kier molecular flexibility index (Phi) is 5.19. The van der Waals surface area contributed by atoms with E-state index in [9.17, 15) is 31.1 Å². The van der Waals surface area contributed by atoms with Crippen LogP contribution in [0.25, 0.3) is 0 Å². The molecule has 1 rings (SSSR count). The number of carbonyl (C=O) groups excluding carboxylic acids is 1. The number of alkyl halides is 6. The standard InChI is InChI=1S/C10H6Br2F6N2O/c11-3-1-4(12)6(5(19)2-3)20-8(21)7(9(13,14)15)10(16,17)18/h1-2,7H,19H2,(H,20,21). The van der Waals surface area contributed by atoms with Gasteiger partial charge in [0.1, 0.15) is 0 Å². The second-order valence-corrected chi connectivity index (χ2v) is 5.63. The molecule has 3 N–H and O–H groups in total. The molecular weight excluding hydrogens is 438 g/mol. The molecule has 1 amide bonds. The summed E-state index contributed by atoms with van der Waals surface area (Å²) in [4.78, 5) is 11.4. The maximum absolute atomic E-state index is 12.4. The Morgan fingerprint density at radius 2 is 1.57 bits per heavy atom. The van der Waals surface area contributed by atoms with E-state index in [2.05, 4.69) is 31.9 Å². The molecule has 3 nitrogen and oxygen atoms in total. The number of nitrogen functional groups attached to an aromatic ring is 1. The van der Waals surface area contributed by atoms with Crippen LogP contribution in [0.1, 0.15) is 0 Å². The van der Waals surface area contributed by atoms with Gasteiger partial charge in [0.05, 0.1) is 11.4 Å². The molecule has 0 atom stereocenters. The number of amides is 1. The lowest BCUT2D eigenvalue weighted by Gasteiger charge is -2.22. The van der Waals surface area contributed by atoms with E-state index in [1.54, 1.807) is 5.32 Å².